The first-order valence-corrected chi connectivity index (χ1v) is 19.0. The Morgan fingerprint density at radius 1 is 0.889 bits per heavy atom. The van der Waals surface area contributed by atoms with Crippen LogP contribution in [0.1, 0.15) is 73.1 Å². The highest BCUT2D eigenvalue weighted by Crippen LogP contribution is 2.29. The van der Waals surface area contributed by atoms with Gasteiger partial charge >= 0.3 is 5.69 Å². The van der Waals surface area contributed by atoms with Crippen LogP contribution in [0.4, 0.5) is 4.39 Å². The van der Waals surface area contributed by atoms with E-state index in [0.717, 1.165) is 62.1 Å². The molecule has 54 heavy (non-hydrogen) atoms. The molecular weight excluding hydrogens is 684 g/mol. The predicted octanol–water partition coefficient (Wildman–Crippen LogP) is 5.75. The minimum Gasteiger partial charge on any atom is -0.348 e. The van der Waals surface area contributed by atoms with Gasteiger partial charge in [0.2, 0.25) is 0 Å². The van der Waals surface area contributed by atoms with Gasteiger partial charge in [-0.3, -0.25) is 14.2 Å². The zero-order valence-corrected chi connectivity index (χ0v) is 30.9. The summed E-state index contributed by atoms with van der Waals surface area (Å²) in [5.41, 5.74) is 4.92. The van der Waals surface area contributed by atoms with E-state index in [1.807, 2.05) is 31.2 Å². The van der Waals surface area contributed by atoms with Crippen molar-refractivity contribution in [2.75, 3.05) is 26.2 Å². The minimum atomic E-state index is -0.435. The van der Waals surface area contributed by atoms with Crippen molar-refractivity contribution in [2.45, 2.75) is 70.9 Å². The van der Waals surface area contributed by atoms with Crippen LogP contribution in [0, 0.1) is 12.7 Å². The smallest absolute Gasteiger partial charge is 0.337 e. The van der Waals surface area contributed by atoms with Crippen LogP contribution < -0.4 is 27.2 Å². The van der Waals surface area contributed by atoms with Crippen molar-refractivity contribution in [1.29, 1.82) is 0 Å². The molecule has 1 saturated carbocycles. The number of aryl methyl sites for hydroxylation is 2. The molecule has 280 valence electrons. The molecule has 4 aromatic heterocycles. The molecule has 0 spiro atoms. The van der Waals surface area contributed by atoms with Gasteiger partial charge in [-0.25, -0.2) is 23.7 Å². The minimum absolute atomic E-state index is 0.157. The highest BCUT2D eigenvalue weighted by atomic mass is 19.1. The van der Waals surface area contributed by atoms with Gasteiger partial charge in [-0.1, -0.05) is 43.3 Å². The molecule has 1 aliphatic carbocycles. The zero-order valence-electron chi connectivity index (χ0n) is 30.9. The molecule has 0 atom stereocenters. The Kier molecular flexibility index (Phi) is 11.4. The molecule has 11 nitrogen and oxygen atoms in total. The molecule has 0 aliphatic heterocycles. The summed E-state index contributed by atoms with van der Waals surface area (Å²) in [6.07, 6.45) is 9.86. The van der Waals surface area contributed by atoms with E-state index in [1.165, 1.54) is 39.1 Å². The first-order valence-electron chi connectivity index (χ1n) is 19.0. The number of nitrogens with zero attached hydrogens (tertiary/aromatic N) is 5. The van der Waals surface area contributed by atoms with Gasteiger partial charge in [0.15, 0.2) is 5.65 Å². The number of nitrogens with one attached hydrogen (secondary N) is 3. The monoisotopic (exact) mass is 730 g/mol. The van der Waals surface area contributed by atoms with Gasteiger partial charge in [-0.15, -0.1) is 0 Å². The second kappa shape index (κ2) is 16.7. The summed E-state index contributed by atoms with van der Waals surface area (Å²) in [6.45, 7) is 8.04. The molecule has 3 N–H and O–H groups in total. The van der Waals surface area contributed by atoms with E-state index in [-0.39, 0.29) is 29.2 Å². The standard InChI is InChI=1S/C42H47FN8O3/c1-3-19-44-21-22-45-20-5-6-29-9-11-30(12-10-29)31-7-4-8-35(24-31)50-39-36(23-28(2)25-46-39)41(53)51(42(50)54)34-16-14-33(15-17-34)47-40(52)37-27-49-26-32(43)13-18-38(49)48-37/h4,7-13,18,23-27,33-34,44-45H,3,5-6,14-17,19-22H2,1-2H3,(H,47,52). The molecule has 6 aromatic rings. The third-order valence-electron chi connectivity index (χ3n) is 10.2. The fourth-order valence-electron chi connectivity index (χ4n) is 7.39. The average Bonchev–Trinajstić information content (AvgIpc) is 3.61. The summed E-state index contributed by atoms with van der Waals surface area (Å²) >= 11 is 0. The average molecular weight is 731 g/mol. The van der Waals surface area contributed by atoms with E-state index in [0.29, 0.717) is 48.1 Å². The van der Waals surface area contributed by atoms with Crippen LogP contribution in [0.2, 0.25) is 0 Å². The van der Waals surface area contributed by atoms with Crippen molar-refractivity contribution >= 4 is 22.6 Å². The lowest BCUT2D eigenvalue weighted by Gasteiger charge is -2.30. The van der Waals surface area contributed by atoms with Crippen LogP contribution in [0.25, 0.3) is 33.5 Å². The molecule has 12 heteroatoms. The quantitative estimate of drug-likeness (QED) is 0.122. The number of benzene rings is 2. The van der Waals surface area contributed by atoms with Crippen molar-refractivity contribution in [3.8, 4) is 16.8 Å². The zero-order chi connectivity index (χ0) is 37.6. The van der Waals surface area contributed by atoms with Gasteiger partial charge in [-0.05, 0) is 118 Å². The summed E-state index contributed by atoms with van der Waals surface area (Å²) < 4.78 is 18.1. The van der Waals surface area contributed by atoms with E-state index in [9.17, 15) is 18.8 Å². The number of carbonyl (C=O) groups is 1. The fourth-order valence-corrected chi connectivity index (χ4v) is 7.39. The molecule has 1 amide bonds. The van der Waals surface area contributed by atoms with Crippen LogP contribution in [0.15, 0.2) is 94.9 Å². The summed E-state index contributed by atoms with van der Waals surface area (Å²) in [4.78, 5) is 50.4. The molecule has 1 aliphatic rings. The molecule has 4 heterocycles. The van der Waals surface area contributed by atoms with E-state index in [4.69, 9.17) is 0 Å². The van der Waals surface area contributed by atoms with Gasteiger partial charge in [0, 0.05) is 43.8 Å². The maximum Gasteiger partial charge on any atom is 0.337 e. The highest BCUT2D eigenvalue weighted by Gasteiger charge is 2.28. The number of rotatable bonds is 14. The Labute approximate surface area is 313 Å². The molecule has 1 fully saturated rings. The van der Waals surface area contributed by atoms with Gasteiger partial charge in [0.05, 0.1) is 11.1 Å². The lowest BCUT2D eigenvalue weighted by molar-refractivity contribution is 0.0917. The maximum atomic E-state index is 14.4. The number of hydrogen-bond donors (Lipinski definition) is 3. The van der Waals surface area contributed by atoms with Gasteiger partial charge in [0.25, 0.3) is 11.5 Å². The van der Waals surface area contributed by atoms with E-state index in [2.05, 4.69) is 57.1 Å². The third kappa shape index (κ3) is 8.19. The number of hydrogen-bond acceptors (Lipinski definition) is 7. The largest absolute Gasteiger partial charge is 0.348 e. The molecular formula is C42H47FN8O3. The Morgan fingerprint density at radius 2 is 1.67 bits per heavy atom. The van der Waals surface area contributed by atoms with E-state index < -0.39 is 11.5 Å². The molecule has 0 bridgehead atoms. The normalized spacial score (nSPS) is 15.9. The van der Waals surface area contributed by atoms with Crippen LogP contribution in [0.5, 0.6) is 0 Å². The fraction of sp³-hybridized carbons (Fsp3) is 0.357. The van der Waals surface area contributed by atoms with E-state index in [1.54, 1.807) is 16.8 Å². The summed E-state index contributed by atoms with van der Waals surface area (Å²) in [5, 5.41) is 10.3. The highest BCUT2D eigenvalue weighted by molar-refractivity contribution is 5.93. The Morgan fingerprint density at radius 3 is 2.44 bits per heavy atom. The number of amides is 1. The summed E-state index contributed by atoms with van der Waals surface area (Å²) in [7, 11) is 0. The molecule has 7 rings (SSSR count). The number of pyridine rings is 2. The second-order valence-corrected chi connectivity index (χ2v) is 14.2. The Bertz CT molecular complexity index is 2370. The first kappa shape index (κ1) is 36.9. The predicted molar refractivity (Wildman–Crippen MR) is 210 cm³/mol. The molecule has 0 saturated heterocycles. The van der Waals surface area contributed by atoms with Crippen molar-refractivity contribution in [3.63, 3.8) is 0 Å². The van der Waals surface area contributed by atoms with E-state index >= 15 is 0 Å². The number of imidazole rings is 1. The maximum absolute atomic E-state index is 14.4. The van der Waals surface area contributed by atoms with Crippen LogP contribution in [0.3, 0.4) is 0 Å². The number of aromatic nitrogens is 5. The number of fused-ring (bicyclic) bond motifs is 2. The SMILES string of the molecule is CCCNCCNCCCc1ccc(-c2cccc(-n3c(=O)n(C4CCC(NC(=O)c5cn6cc(F)ccc6n5)CC4)c(=O)c4cc(C)cnc43)c2)cc1. The van der Waals surface area contributed by atoms with Crippen LogP contribution >= 0.6 is 0 Å². The van der Waals surface area contributed by atoms with Crippen molar-refractivity contribution in [3.05, 3.63) is 129 Å². The van der Waals surface area contributed by atoms with Gasteiger partial charge in [-0.2, -0.15) is 0 Å². The second-order valence-electron chi connectivity index (χ2n) is 14.2. The van der Waals surface area contributed by atoms with Crippen molar-refractivity contribution in [1.82, 2.24) is 39.5 Å². The summed E-state index contributed by atoms with van der Waals surface area (Å²) in [6, 6.07) is 20.5. The van der Waals surface area contributed by atoms with Gasteiger partial charge < -0.3 is 20.4 Å². The number of halogens is 1. The van der Waals surface area contributed by atoms with Crippen molar-refractivity contribution < 1.29 is 9.18 Å². The number of carbonyl (C=O) groups excluding carboxylic acids is 1. The lowest BCUT2D eigenvalue weighted by atomic mass is 9.90. The molecule has 0 radical (unpaired) electrons. The van der Waals surface area contributed by atoms with Gasteiger partial charge in [0.1, 0.15) is 17.2 Å². The lowest BCUT2D eigenvalue weighted by Crippen LogP contribution is -2.45. The molecule has 2 aromatic carbocycles. The van der Waals surface area contributed by atoms with Crippen LogP contribution in [-0.2, 0) is 6.42 Å². The van der Waals surface area contributed by atoms with Crippen molar-refractivity contribution in [2.24, 2.45) is 0 Å². The molecule has 0 unspecified atom stereocenters. The Hall–Kier alpha value is -5.46. The Balaban J connectivity index is 1.08. The summed E-state index contributed by atoms with van der Waals surface area (Å²) in [5.74, 6) is -0.763. The first-order chi connectivity index (χ1) is 26.3. The third-order valence-corrected chi connectivity index (χ3v) is 10.2. The van der Waals surface area contributed by atoms with Crippen LogP contribution in [-0.4, -0.2) is 61.6 Å². The topological polar surface area (TPSA) is 127 Å².